The molecule has 0 bridgehead atoms. The van der Waals surface area contributed by atoms with E-state index >= 15 is 0 Å². The molecule has 0 aliphatic rings. The van der Waals surface area contributed by atoms with E-state index in [2.05, 4.69) is 57.7 Å². The van der Waals surface area contributed by atoms with Crippen LogP contribution in [0.15, 0.2) is 12.4 Å². The monoisotopic (exact) mass is 376 g/mol. The molecule has 0 saturated heterocycles. The summed E-state index contributed by atoms with van der Waals surface area (Å²) >= 11 is 0. The molecule has 0 aromatic carbocycles. The Morgan fingerprint density at radius 3 is 1.87 bits per heavy atom. The Labute approximate surface area is 108 Å². The van der Waals surface area contributed by atoms with Crippen LogP contribution in [0.25, 0.3) is 0 Å². The Kier molecular flexibility index (Phi) is 9.14. The van der Waals surface area contributed by atoms with Crippen LogP contribution in [0.5, 0.6) is 0 Å². The summed E-state index contributed by atoms with van der Waals surface area (Å²) in [6, 6.07) is 0. The third-order valence-electron chi connectivity index (χ3n) is 1.28. The van der Waals surface area contributed by atoms with Crippen molar-refractivity contribution < 1.29 is 21.1 Å². The molecule has 1 heterocycles. The van der Waals surface area contributed by atoms with E-state index in [0.717, 1.165) is 5.69 Å². The van der Waals surface area contributed by atoms with Crippen molar-refractivity contribution in [1.29, 1.82) is 0 Å². The fourth-order valence-corrected chi connectivity index (χ4v) is 0.630. The van der Waals surface area contributed by atoms with Gasteiger partial charge in [0.1, 0.15) is 0 Å². The maximum Gasteiger partial charge on any atom is 2.00 e. The van der Waals surface area contributed by atoms with Gasteiger partial charge in [-0.3, -0.25) is 0 Å². The zero-order valence-electron chi connectivity index (χ0n) is 10.5. The largest absolute Gasteiger partial charge is 2.00 e. The molecule has 3 heteroatoms. The molecule has 1 rings (SSSR count). The number of hydrogen-bond donors (Lipinski definition) is 0. The summed E-state index contributed by atoms with van der Waals surface area (Å²) in [5.41, 5.74) is 1.07. The number of aromatic nitrogens is 2. The fraction of sp³-hybridized carbons (Fsp3) is 0.583. The van der Waals surface area contributed by atoms with E-state index in [1.165, 1.54) is 5.92 Å². The van der Waals surface area contributed by atoms with Crippen LogP contribution in [0.4, 0.5) is 0 Å². The van der Waals surface area contributed by atoms with Gasteiger partial charge in [0.25, 0.3) is 0 Å². The predicted octanol–water partition coefficient (Wildman–Crippen LogP) is 3.19. The van der Waals surface area contributed by atoms with Crippen molar-refractivity contribution in [2.45, 2.75) is 47.0 Å². The van der Waals surface area contributed by atoms with Gasteiger partial charge in [-0.05, 0) is 12.4 Å². The first kappa shape index (κ1) is 17.2. The molecule has 0 spiro atoms. The third kappa shape index (κ3) is 10.1. The predicted molar refractivity (Wildman–Crippen MR) is 59.8 cm³/mol. The summed E-state index contributed by atoms with van der Waals surface area (Å²) in [6.07, 6.45) is 6.05. The van der Waals surface area contributed by atoms with Gasteiger partial charge in [-0.2, -0.15) is 20.8 Å². The van der Waals surface area contributed by atoms with Crippen LogP contribution < -0.4 is 0 Å². The van der Waals surface area contributed by atoms with Crippen molar-refractivity contribution in [3.05, 3.63) is 30.2 Å². The second kappa shape index (κ2) is 7.98. The molecule has 0 atom stereocenters. The van der Waals surface area contributed by atoms with Gasteiger partial charge < -0.3 is 15.9 Å². The first-order valence-electron chi connectivity index (χ1n) is 4.79. The Hall–Kier alpha value is -0.232. The molecule has 1 aromatic rings. The van der Waals surface area contributed by atoms with E-state index in [9.17, 15) is 0 Å². The molecule has 0 aliphatic heterocycles. The van der Waals surface area contributed by atoms with Gasteiger partial charge in [0.05, 0.1) is 0 Å². The Balaban J connectivity index is 0. The van der Waals surface area contributed by atoms with Gasteiger partial charge >= 0.3 is 21.1 Å². The fourth-order valence-electron chi connectivity index (χ4n) is 0.630. The van der Waals surface area contributed by atoms with E-state index in [-0.39, 0.29) is 26.5 Å². The van der Waals surface area contributed by atoms with Gasteiger partial charge in [-0.15, -0.1) is 6.20 Å². The van der Waals surface area contributed by atoms with Crippen LogP contribution in [-0.4, -0.2) is 9.97 Å². The van der Waals surface area contributed by atoms with Crippen molar-refractivity contribution >= 4 is 0 Å². The molecular weight excluding hydrogens is 356 g/mol. The first-order valence-corrected chi connectivity index (χ1v) is 4.79. The van der Waals surface area contributed by atoms with Gasteiger partial charge in [0, 0.05) is 0 Å². The van der Waals surface area contributed by atoms with Gasteiger partial charge in [-0.25, -0.2) is 0 Å². The quantitative estimate of drug-likeness (QED) is 0.650. The standard InChI is InChI=1S/C8H11N2.C4H9.W/c1-8(2,3)7-6-9-4-5-10-7;1-4(2)3;/h4,6H,1-3H3;1-3H3;/q2*-1;+2. The molecule has 0 saturated carbocycles. The summed E-state index contributed by atoms with van der Waals surface area (Å²) in [6.45, 7) is 12.6. The normalized spacial score (nSPS) is 10.1. The minimum absolute atomic E-state index is 0. The summed E-state index contributed by atoms with van der Waals surface area (Å²) in [4.78, 5) is 8.00. The van der Waals surface area contributed by atoms with Gasteiger partial charge in [0.15, 0.2) is 0 Å². The summed E-state index contributed by atoms with van der Waals surface area (Å²) < 4.78 is 0. The smallest absolute Gasteiger partial charge is 0.452 e. The molecule has 0 N–H and O–H groups in total. The average molecular weight is 376 g/mol. The molecule has 0 radical (unpaired) electrons. The Bertz CT molecular complexity index is 237. The van der Waals surface area contributed by atoms with Crippen LogP contribution in [0.1, 0.15) is 47.2 Å². The molecule has 0 fully saturated rings. The molecule has 0 amide bonds. The molecular formula is C12H20N2W. The van der Waals surface area contributed by atoms with E-state index in [1.807, 2.05) is 0 Å². The Morgan fingerprint density at radius 1 is 1.20 bits per heavy atom. The van der Waals surface area contributed by atoms with Crippen LogP contribution >= 0.6 is 0 Å². The number of rotatable bonds is 0. The van der Waals surface area contributed by atoms with E-state index in [0.29, 0.717) is 0 Å². The van der Waals surface area contributed by atoms with Crippen molar-refractivity contribution in [1.82, 2.24) is 9.97 Å². The minimum Gasteiger partial charge on any atom is -0.452 e. The summed E-state index contributed by atoms with van der Waals surface area (Å²) in [7, 11) is 0. The Morgan fingerprint density at radius 2 is 1.67 bits per heavy atom. The van der Waals surface area contributed by atoms with Gasteiger partial charge in [-0.1, -0.05) is 31.9 Å². The van der Waals surface area contributed by atoms with E-state index in [4.69, 9.17) is 0 Å². The second-order valence-corrected chi connectivity index (χ2v) is 4.78. The van der Waals surface area contributed by atoms with Crippen molar-refractivity contribution in [3.63, 3.8) is 0 Å². The second-order valence-electron chi connectivity index (χ2n) is 4.78. The number of nitrogens with zero attached hydrogens (tertiary/aromatic N) is 2. The van der Waals surface area contributed by atoms with Crippen molar-refractivity contribution in [2.75, 3.05) is 0 Å². The summed E-state index contributed by atoms with van der Waals surface area (Å²) in [5, 5.41) is 0. The molecule has 15 heavy (non-hydrogen) atoms. The molecule has 0 aliphatic carbocycles. The molecule has 84 valence electrons. The third-order valence-corrected chi connectivity index (χ3v) is 1.28. The number of hydrogen-bond acceptors (Lipinski definition) is 2. The molecule has 2 nitrogen and oxygen atoms in total. The zero-order valence-corrected chi connectivity index (χ0v) is 13.4. The van der Waals surface area contributed by atoms with Crippen LogP contribution in [0.3, 0.4) is 0 Å². The molecule has 0 unspecified atom stereocenters. The van der Waals surface area contributed by atoms with Crippen molar-refractivity contribution in [3.8, 4) is 0 Å². The first-order chi connectivity index (χ1) is 6.34. The topological polar surface area (TPSA) is 25.8 Å². The van der Waals surface area contributed by atoms with Gasteiger partial charge in [0.2, 0.25) is 0 Å². The average Bonchev–Trinajstić information content (AvgIpc) is 2.03. The van der Waals surface area contributed by atoms with Crippen LogP contribution in [0.2, 0.25) is 0 Å². The zero-order chi connectivity index (χ0) is 11.2. The summed E-state index contributed by atoms with van der Waals surface area (Å²) in [5.74, 6) is 1.42. The maximum absolute atomic E-state index is 4.06. The minimum atomic E-state index is 0. The SMILES string of the molecule is CC(C)(C)c1cnc[c-]n1.C[C-](C)C.[W+2]. The van der Waals surface area contributed by atoms with Crippen molar-refractivity contribution in [2.24, 2.45) is 0 Å². The van der Waals surface area contributed by atoms with Crippen LogP contribution in [-0.2, 0) is 26.5 Å². The van der Waals surface area contributed by atoms with E-state index in [1.54, 1.807) is 12.4 Å². The van der Waals surface area contributed by atoms with E-state index < -0.39 is 0 Å². The van der Waals surface area contributed by atoms with Crippen LogP contribution in [0, 0.1) is 12.1 Å². The maximum atomic E-state index is 4.06. The molecule has 1 aromatic heterocycles.